The van der Waals surface area contributed by atoms with E-state index in [1.54, 1.807) is 36.4 Å². The Balaban J connectivity index is 2.08. The van der Waals surface area contributed by atoms with Crippen LogP contribution in [-0.2, 0) is 9.84 Å². The number of para-hydroxylation sites is 1. The Morgan fingerprint density at radius 3 is 2.42 bits per heavy atom. The molecule has 0 aliphatic rings. The average molecular weight is 385 g/mol. The monoisotopic (exact) mass is 385 g/mol. The molecule has 0 spiro atoms. The van der Waals surface area contributed by atoms with E-state index in [9.17, 15) is 17.6 Å². The van der Waals surface area contributed by atoms with Crippen molar-refractivity contribution < 1.29 is 17.6 Å². The third kappa shape index (κ3) is 2.56. The Morgan fingerprint density at radius 1 is 0.962 bits per heavy atom. The van der Waals surface area contributed by atoms with Crippen LogP contribution in [-0.4, -0.2) is 19.7 Å². The van der Waals surface area contributed by atoms with Crippen LogP contribution in [0.3, 0.4) is 0 Å². The van der Waals surface area contributed by atoms with Crippen molar-refractivity contribution in [2.45, 2.75) is 9.92 Å². The van der Waals surface area contributed by atoms with Crippen molar-refractivity contribution in [3.05, 3.63) is 71.4 Å². The van der Waals surface area contributed by atoms with Crippen LogP contribution in [0.1, 0.15) is 9.67 Å². The van der Waals surface area contributed by atoms with Gasteiger partial charge in [0, 0.05) is 15.8 Å². The first-order valence-corrected chi connectivity index (χ1v) is 9.98. The molecule has 26 heavy (non-hydrogen) atoms. The van der Waals surface area contributed by atoms with Gasteiger partial charge in [0.05, 0.1) is 15.3 Å². The Kier molecular flexibility index (Phi) is 3.97. The summed E-state index contributed by atoms with van der Waals surface area (Å²) in [7, 11) is -3.90. The number of nitrogens with one attached hydrogen (secondary N) is 1. The van der Waals surface area contributed by atoms with Gasteiger partial charge in [0.15, 0.2) is 6.29 Å². The van der Waals surface area contributed by atoms with E-state index in [-0.39, 0.29) is 15.4 Å². The van der Waals surface area contributed by atoms with Gasteiger partial charge in [-0.25, -0.2) is 12.8 Å². The maximum atomic E-state index is 14.3. The average Bonchev–Trinajstić information content (AvgIpc) is 3.27. The standard InChI is InChI=1S/C19H12FNO3S2/c20-15-8-4-7-14-17(16-10-9-12(11-22)25-16)19(21-18(14)15)26(23,24)13-5-2-1-3-6-13/h1-11,21H. The van der Waals surface area contributed by atoms with Gasteiger partial charge in [-0.1, -0.05) is 30.3 Å². The van der Waals surface area contributed by atoms with E-state index in [1.807, 2.05) is 0 Å². The number of aromatic nitrogens is 1. The number of H-pyrrole nitrogens is 1. The van der Waals surface area contributed by atoms with Crippen LogP contribution in [0.5, 0.6) is 0 Å². The number of halogens is 1. The Hall–Kier alpha value is -2.77. The largest absolute Gasteiger partial charge is 0.342 e. The van der Waals surface area contributed by atoms with Gasteiger partial charge in [-0.05, 0) is 30.3 Å². The van der Waals surface area contributed by atoms with E-state index in [4.69, 9.17) is 0 Å². The summed E-state index contributed by atoms with van der Waals surface area (Å²) in [6, 6.07) is 15.7. The highest BCUT2D eigenvalue weighted by Crippen LogP contribution is 2.40. The number of carbonyl (C=O) groups excluding carboxylic acids is 1. The molecule has 2 aromatic carbocycles. The van der Waals surface area contributed by atoms with Crippen LogP contribution >= 0.6 is 11.3 Å². The zero-order chi connectivity index (χ0) is 18.3. The predicted molar refractivity (Wildman–Crippen MR) is 98.9 cm³/mol. The van der Waals surface area contributed by atoms with E-state index in [0.29, 0.717) is 27.0 Å². The van der Waals surface area contributed by atoms with Crippen molar-refractivity contribution in [2.24, 2.45) is 0 Å². The van der Waals surface area contributed by atoms with Crippen molar-refractivity contribution >= 4 is 38.4 Å². The molecule has 0 radical (unpaired) electrons. The summed E-state index contributed by atoms with van der Waals surface area (Å²) in [6.07, 6.45) is 0.703. The molecule has 0 saturated heterocycles. The van der Waals surface area contributed by atoms with Crippen LogP contribution < -0.4 is 0 Å². The lowest BCUT2D eigenvalue weighted by Gasteiger charge is -2.05. The summed E-state index contributed by atoms with van der Waals surface area (Å²) in [5, 5.41) is 0.377. The number of thiophene rings is 1. The van der Waals surface area contributed by atoms with Gasteiger partial charge in [-0.3, -0.25) is 4.79 Å². The molecule has 0 aliphatic carbocycles. The van der Waals surface area contributed by atoms with Gasteiger partial charge in [-0.15, -0.1) is 11.3 Å². The molecule has 7 heteroatoms. The lowest BCUT2D eigenvalue weighted by Crippen LogP contribution is -2.03. The fourth-order valence-electron chi connectivity index (χ4n) is 2.87. The van der Waals surface area contributed by atoms with Gasteiger partial charge in [0.2, 0.25) is 9.84 Å². The second kappa shape index (κ2) is 6.19. The van der Waals surface area contributed by atoms with Crippen LogP contribution in [0, 0.1) is 5.82 Å². The minimum Gasteiger partial charge on any atom is -0.342 e. The van der Waals surface area contributed by atoms with Crippen molar-refractivity contribution in [1.29, 1.82) is 0 Å². The lowest BCUT2D eigenvalue weighted by molar-refractivity contribution is 0.112. The number of aldehydes is 1. The first-order valence-electron chi connectivity index (χ1n) is 7.68. The number of fused-ring (bicyclic) bond motifs is 1. The summed E-state index contributed by atoms with van der Waals surface area (Å²) in [4.78, 5) is 14.9. The lowest BCUT2D eigenvalue weighted by atomic mass is 10.1. The summed E-state index contributed by atoms with van der Waals surface area (Å²) >= 11 is 1.16. The molecule has 1 N–H and O–H groups in total. The van der Waals surface area contributed by atoms with E-state index in [2.05, 4.69) is 4.98 Å². The molecule has 0 unspecified atom stereocenters. The predicted octanol–water partition coefficient (Wildman–Crippen LogP) is 4.68. The number of carbonyl (C=O) groups is 1. The maximum Gasteiger partial charge on any atom is 0.222 e. The Morgan fingerprint density at radius 2 is 1.73 bits per heavy atom. The van der Waals surface area contributed by atoms with Crippen molar-refractivity contribution in [3.8, 4) is 10.4 Å². The van der Waals surface area contributed by atoms with Crippen LogP contribution in [0.15, 0.2) is 70.6 Å². The van der Waals surface area contributed by atoms with Gasteiger partial charge in [0.1, 0.15) is 10.8 Å². The maximum absolute atomic E-state index is 14.3. The zero-order valence-corrected chi connectivity index (χ0v) is 14.9. The van der Waals surface area contributed by atoms with Crippen LogP contribution in [0.25, 0.3) is 21.3 Å². The van der Waals surface area contributed by atoms with Crippen molar-refractivity contribution in [1.82, 2.24) is 4.98 Å². The molecule has 0 bridgehead atoms. The molecule has 0 atom stereocenters. The molecular formula is C19H12FNO3S2. The molecule has 130 valence electrons. The SMILES string of the molecule is O=Cc1ccc(-c2c(S(=O)(=O)c3ccccc3)[nH]c3c(F)cccc23)s1. The number of aromatic amines is 1. The van der Waals surface area contributed by atoms with Crippen molar-refractivity contribution in [3.63, 3.8) is 0 Å². The van der Waals surface area contributed by atoms with E-state index < -0.39 is 15.7 Å². The minimum absolute atomic E-state index is 0.0805. The second-order valence-corrected chi connectivity index (χ2v) is 8.63. The van der Waals surface area contributed by atoms with Gasteiger partial charge in [0.25, 0.3) is 0 Å². The topological polar surface area (TPSA) is 67.0 Å². The molecule has 4 rings (SSSR count). The summed E-state index contributed by atoms with van der Waals surface area (Å²) in [5.74, 6) is -0.537. The Labute approximate surface area is 152 Å². The highest BCUT2D eigenvalue weighted by atomic mass is 32.2. The van der Waals surface area contributed by atoms with Crippen LogP contribution in [0.2, 0.25) is 0 Å². The molecule has 0 amide bonds. The highest BCUT2D eigenvalue weighted by molar-refractivity contribution is 7.91. The molecule has 0 saturated carbocycles. The smallest absolute Gasteiger partial charge is 0.222 e. The first kappa shape index (κ1) is 16.7. The fourth-order valence-corrected chi connectivity index (χ4v) is 5.30. The number of hydrogen-bond acceptors (Lipinski definition) is 4. The molecule has 4 nitrogen and oxygen atoms in total. The molecular weight excluding hydrogens is 373 g/mol. The van der Waals surface area contributed by atoms with E-state index in [0.717, 1.165) is 11.3 Å². The molecule has 2 heterocycles. The van der Waals surface area contributed by atoms with Crippen molar-refractivity contribution in [2.75, 3.05) is 0 Å². The third-order valence-corrected chi connectivity index (χ3v) is 6.82. The first-order chi connectivity index (χ1) is 12.5. The summed E-state index contributed by atoms with van der Waals surface area (Å²) in [6.45, 7) is 0. The highest BCUT2D eigenvalue weighted by Gasteiger charge is 2.27. The number of sulfone groups is 1. The fraction of sp³-hybridized carbons (Fsp3) is 0. The van der Waals surface area contributed by atoms with Gasteiger partial charge >= 0.3 is 0 Å². The van der Waals surface area contributed by atoms with E-state index >= 15 is 0 Å². The third-order valence-electron chi connectivity index (χ3n) is 4.06. The minimum atomic E-state index is -3.90. The summed E-state index contributed by atoms with van der Waals surface area (Å²) < 4.78 is 40.6. The molecule has 0 fully saturated rings. The Bertz CT molecular complexity index is 1220. The number of benzene rings is 2. The van der Waals surface area contributed by atoms with Gasteiger partial charge in [-0.2, -0.15) is 0 Å². The molecule has 2 aromatic heterocycles. The van der Waals surface area contributed by atoms with Crippen LogP contribution in [0.4, 0.5) is 4.39 Å². The molecule has 4 aromatic rings. The zero-order valence-electron chi connectivity index (χ0n) is 13.3. The quantitative estimate of drug-likeness (QED) is 0.519. The molecule has 0 aliphatic heterocycles. The number of hydrogen-bond donors (Lipinski definition) is 1. The van der Waals surface area contributed by atoms with Gasteiger partial charge < -0.3 is 4.98 Å². The van der Waals surface area contributed by atoms with E-state index in [1.165, 1.54) is 24.3 Å². The second-order valence-electron chi connectivity index (χ2n) is 5.63. The normalized spacial score (nSPS) is 11.7. The summed E-state index contributed by atoms with van der Waals surface area (Å²) in [5.41, 5.74) is 0.500. The number of rotatable bonds is 4.